The van der Waals surface area contributed by atoms with Gasteiger partial charge in [-0.1, -0.05) is 89.9 Å². The predicted octanol–water partition coefficient (Wildman–Crippen LogP) is 8.27. The normalized spacial score (nSPS) is 11.4. The molecule has 0 aliphatic heterocycles. The van der Waals surface area contributed by atoms with Crippen LogP contribution in [0.5, 0.6) is 0 Å². The minimum Gasteiger partial charge on any atom is -0.127 e. The monoisotopic (exact) mass is 356 g/mol. The molecule has 0 aromatic heterocycles. The van der Waals surface area contributed by atoms with E-state index in [1.807, 2.05) is 0 Å². The zero-order valence-electron chi connectivity index (χ0n) is 13.7. The van der Waals surface area contributed by atoms with E-state index in [2.05, 4.69) is 0 Å². The third-order valence-electron chi connectivity index (χ3n) is 4.06. The number of rotatable bonds is 17. The van der Waals surface area contributed by atoms with Gasteiger partial charge >= 0.3 is 0 Å². The highest BCUT2D eigenvalue weighted by Crippen LogP contribution is 2.16. The molecule has 0 amide bonds. The van der Waals surface area contributed by atoms with Crippen molar-refractivity contribution in [2.45, 2.75) is 108 Å². The van der Waals surface area contributed by atoms with E-state index < -0.39 is 0 Å². The Morgan fingerprint density at radius 1 is 0.429 bits per heavy atom. The number of halogens is 3. The SMILES string of the molecule is ClCCCCCCCCCCCCCCCCCC(Cl)Cl. The third kappa shape index (κ3) is 20.9. The van der Waals surface area contributed by atoms with E-state index in [0.717, 1.165) is 12.3 Å². The minimum atomic E-state index is -0.162. The largest absolute Gasteiger partial charge is 0.127 e. The second-order valence-corrected chi connectivity index (χ2v) is 7.83. The van der Waals surface area contributed by atoms with Crippen LogP contribution in [-0.2, 0) is 0 Å². The maximum absolute atomic E-state index is 5.70. The molecule has 0 N–H and O–H groups in total. The van der Waals surface area contributed by atoms with Crippen LogP contribution < -0.4 is 0 Å². The van der Waals surface area contributed by atoms with E-state index in [9.17, 15) is 0 Å². The molecule has 0 radical (unpaired) electrons. The Morgan fingerprint density at radius 3 is 1.00 bits per heavy atom. The van der Waals surface area contributed by atoms with Gasteiger partial charge in [0.1, 0.15) is 4.84 Å². The number of alkyl halides is 3. The molecule has 0 rings (SSSR count). The molecule has 0 aliphatic carbocycles. The minimum absolute atomic E-state index is 0.162. The van der Waals surface area contributed by atoms with Gasteiger partial charge in [0.15, 0.2) is 0 Å². The average Bonchev–Trinajstić information content (AvgIpc) is 2.46. The van der Waals surface area contributed by atoms with Crippen molar-refractivity contribution in [2.24, 2.45) is 0 Å². The van der Waals surface area contributed by atoms with Crippen molar-refractivity contribution >= 4 is 34.8 Å². The molecule has 0 aromatic rings. The van der Waals surface area contributed by atoms with E-state index in [4.69, 9.17) is 34.8 Å². The average molecular weight is 358 g/mol. The van der Waals surface area contributed by atoms with Crippen molar-refractivity contribution in [1.29, 1.82) is 0 Å². The van der Waals surface area contributed by atoms with Crippen LogP contribution >= 0.6 is 34.8 Å². The van der Waals surface area contributed by atoms with Crippen LogP contribution in [-0.4, -0.2) is 10.7 Å². The third-order valence-corrected chi connectivity index (χ3v) is 4.76. The first kappa shape index (κ1) is 21.9. The molecule has 0 fully saturated rings. The van der Waals surface area contributed by atoms with Crippen molar-refractivity contribution in [3.8, 4) is 0 Å². The van der Waals surface area contributed by atoms with E-state index in [-0.39, 0.29) is 4.84 Å². The molecular weight excluding hydrogens is 323 g/mol. The van der Waals surface area contributed by atoms with Crippen LogP contribution in [0.15, 0.2) is 0 Å². The zero-order valence-corrected chi connectivity index (χ0v) is 16.0. The van der Waals surface area contributed by atoms with Crippen LogP contribution in [0.25, 0.3) is 0 Å². The molecule has 0 bridgehead atoms. The van der Waals surface area contributed by atoms with Crippen molar-refractivity contribution < 1.29 is 0 Å². The zero-order chi connectivity index (χ0) is 15.6. The molecule has 0 saturated heterocycles. The highest BCUT2D eigenvalue weighted by Gasteiger charge is 1.98. The summed E-state index contributed by atoms with van der Waals surface area (Å²) >= 11 is 17.1. The molecule has 0 atom stereocenters. The molecule has 0 nitrogen and oxygen atoms in total. The lowest BCUT2D eigenvalue weighted by Gasteiger charge is -2.04. The van der Waals surface area contributed by atoms with Crippen LogP contribution in [0.1, 0.15) is 103 Å². The quantitative estimate of drug-likeness (QED) is 0.181. The second-order valence-electron chi connectivity index (χ2n) is 6.17. The summed E-state index contributed by atoms with van der Waals surface area (Å²) in [7, 11) is 0. The Kier molecular flexibility index (Phi) is 19.7. The summed E-state index contributed by atoms with van der Waals surface area (Å²) in [5.41, 5.74) is 0. The summed E-state index contributed by atoms with van der Waals surface area (Å²) in [5, 5.41) is 0. The summed E-state index contributed by atoms with van der Waals surface area (Å²) in [6, 6.07) is 0. The summed E-state index contributed by atoms with van der Waals surface area (Å²) in [6.07, 6.45) is 21.4. The fourth-order valence-corrected chi connectivity index (χ4v) is 3.19. The Labute approximate surface area is 148 Å². The predicted molar refractivity (Wildman–Crippen MR) is 100 cm³/mol. The topological polar surface area (TPSA) is 0 Å². The Balaban J connectivity index is 2.93. The standard InChI is InChI=1S/C18H35Cl3/c19-17-15-13-11-9-7-5-3-1-2-4-6-8-10-12-14-16-18(20)21/h18H,1-17H2. The van der Waals surface area contributed by atoms with E-state index >= 15 is 0 Å². The van der Waals surface area contributed by atoms with Crippen molar-refractivity contribution in [3.63, 3.8) is 0 Å². The van der Waals surface area contributed by atoms with Crippen LogP contribution in [0.4, 0.5) is 0 Å². The van der Waals surface area contributed by atoms with Gasteiger partial charge in [-0.25, -0.2) is 0 Å². The molecule has 3 heteroatoms. The maximum atomic E-state index is 5.70. The summed E-state index contributed by atoms with van der Waals surface area (Å²) in [4.78, 5) is -0.162. The van der Waals surface area contributed by atoms with Gasteiger partial charge in [0.25, 0.3) is 0 Å². The number of unbranched alkanes of at least 4 members (excludes halogenated alkanes) is 14. The van der Waals surface area contributed by atoms with E-state index in [1.165, 1.54) is 96.3 Å². The molecule has 0 heterocycles. The lowest BCUT2D eigenvalue weighted by atomic mass is 10.0. The summed E-state index contributed by atoms with van der Waals surface area (Å²) in [5.74, 6) is 0.833. The summed E-state index contributed by atoms with van der Waals surface area (Å²) < 4.78 is 0. The first-order valence-corrected chi connectivity index (χ1v) is 10.5. The fourth-order valence-electron chi connectivity index (χ4n) is 2.69. The van der Waals surface area contributed by atoms with Gasteiger partial charge < -0.3 is 0 Å². The number of hydrogen-bond acceptors (Lipinski definition) is 0. The first-order valence-electron chi connectivity index (χ1n) is 9.11. The Hall–Kier alpha value is 0.870. The van der Waals surface area contributed by atoms with Crippen LogP contribution in [0.3, 0.4) is 0 Å². The van der Waals surface area contributed by atoms with Gasteiger partial charge in [0, 0.05) is 5.88 Å². The highest BCUT2D eigenvalue weighted by molar-refractivity contribution is 6.44. The van der Waals surface area contributed by atoms with Gasteiger partial charge in [-0.05, 0) is 12.8 Å². The molecule has 0 spiro atoms. The van der Waals surface area contributed by atoms with Crippen molar-refractivity contribution in [1.82, 2.24) is 0 Å². The van der Waals surface area contributed by atoms with Gasteiger partial charge in [-0.3, -0.25) is 0 Å². The van der Waals surface area contributed by atoms with Crippen LogP contribution in [0, 0.1) is 0 Å². The molecule has 0 aliphatic rings. The summed E-state index contributed by atoms with van der Waals surface area (Å²) in [6.45, 7) is 0. The van der Waals surface area contributed by atoms with Gasteiger partial charge in [0.2, 0.25) is 0 Å². The molecule has 21 heavy (non-hydrogen) atoms. The maximum Gasteiger partial charge on any atom is 0.107 e. The Morgan fingerprint density at radius 2 is 0.714 bits per heavy atom. The lowest BCUT2D eigenvalue weighted by Crippen LogP contribution is -1.87. The number of hydrogen-bond donors (Lipinski definition) is 0. The van der Waals surface area contributed by atoms with Crippen LogP contribution in [0.2, 0.25) is 0 Å². The first-order chi connectivity index (χ1) is 10.3. The highest BCUT2D eigenvalue weighted by atomic mass is 35.5. The molecular formula is C18H35Cl3. The fraction of sp³-hybridized carbons (Fsp3) is 1.00. The Bertz CT molecular complexity index is 183. The molecule has 0 unspecified atom stereocenters. The van der Waals surface area contributed by atoms with Gasteiger partial charge in [-0.15, -0.1) is 34.8 Å². The molecule has 0 aromatic carbocycles. The van der Waals surface area contributed by atoms with Crippen molar-refractivity contribution in [3.05, 3.63) is 0 Å². The second kappa shape index (κ2) is 18.9. The van der Waals surface area contributed by atoms with Gasteiger partial charge in [-0.2, -0.15) is 0 Å². The van der Waals surface area contributed by atoms with Crippen molar-refractivity contribution in [2.75, 3.05) is 5.88 Å². The lowest BCUT2D eigenvalue weighted by molar-refractivity contribution is 0.531. The smallest absolute Gasteiger partial charge is 0.107 e. The van der Waals surface area contributed by atoms with Gasteiger partial charge in [0.05, 0.1) is 0 Å². The molecule has 128 valence electrons. The van der Waals surface area contributed by atoms with E-state index in [0.29, 0.717) is 0 Å². The molecule has 0 saturated carbocycles. The van der Waals surface area contributed by atoms with E-state index in [1.54, 1.807) is 0 Å².